The van der Waals surface area contributed by atoms with Crippen LogP contribution in [0.1, 0.15) is 15.9 Å². The molecule has 0 aliphatic heterocycles. The molecule has 0 aromatic heterocycles. The molecule has 0 heterocycles. The van der Waals surface area contributed by atoms with Gasteiger partial charge in [-0.15, -0.1) is 0 Å². The zero-order valence-electron chi connectivity index (χ0n) is 13.0. The summed E-state index contributed by atoms with van der Waals surface area (Å²) in [4.78, 5) is 12.6. The summed E-state index contributed by atoms with van der Waals surface area (Å²) in [5, 5.41) is 11.5. The SMILES string of the molecule is COc1cc(OC)c(C(=O)Nc2ccc(C#N)cc2)c(OC)c1. The average molecular weight is 312 g/mol. The summed E-state index contributed by atoms with van der Waals surface area (Å²) in [7, 11) is 4.45. The minimum absolute atomic E-state index is 0.264. The molecule has 0 spiro atoms. The molecule has 2 aromatic carbocycles. The molecule has 0 atom stereocenters. The fourth-order valence-electron chi connectivity index (χ4n) is 2.05. The summed E-state index contributed by atoms with van der Waals surface area (Å²) in [5.41, 5.74) is 1.34. The minimum Gasteiger partial charge on any atom is -0.496 e. The Balaban J connectivity index is 2.35. The molecule has 0 saturated carbocycles. The second-order valence-electron chi connectivity index (χ2n) is 4.55. The van der Waals surface area contributed by atoms with Crippen LogP contribution >= 0.6 is 0 Å². The van der Waals surface area contributed by atoms with Crippen molar-refractivity contribution in [1.29, 1.82) is 5.26 Å². The molecular formula is C17H16N2O4. The Morgan fingerprint density at radius 2 is 1.57 bits per heavy atom. The molecule has 2 aromatic rings. The van der Waals surface area contributed by atoms with Gasteiger partial charge in [-0.05, 0) is 24.3 Å². The van der Waals surface area contributed by atoms with E-state index in [0.29, 0.717) is 28.5 Å². The van der Waals surface area contributed by atoms with Crippen LogP contribution in [-0.4, -0.2) is 27.2 Å². The van der Waals surface area contributed by atoms with Gasteiger partial charge in [0, 0.05) is 17.8 Å². The van der Waals surface area contributed by atoms with Crippen molar-refractivity contribution in [2.45, 2.75) is 0 Å². The number of hydrogen-bond donors (Lipinski definition) is 1. The first-order valence-corrected chi connectivity index (χ1v) is 6.74. The van der Waals surface area contributed by atoms with E-state index in [1.165, 1.54) is 21.3 Å². The van der Waals surface area contributed by atoms with Gasteiger partial charge in [-0.3, -0.25) is 4.79 Å². The van der Waals surface area contributed by atoms with Crippen molar-refractivity contribution < 1.29 is 19.0 Å². The maximum absolute atomic E-state index is 12.6. The fraction of sp³-hybridized carbons (Fsp3) is 0.176. The molecule has 23 heavy (non-hydrogen) atoms. The number of ether oxygens (including phenoxy) is 3. The van der Waals surface area contributed by atoms with Crippen LogP contribution in [0.3, 0.4) is 0 Å². The number of amides is 1. The van der Waals surface area contributed by atoms with Crippen LogP contribution in [0.15, 0.2) is 36.4 Å². The minimum atomic E-state index is -0.383. The van der Waals surface area contributed by atoms with Gasteiger partial charge in [0.2, 0.25) is 0 Å². The van der Waals surface area contributed by atoms with E-state index in [1.807, 2.05) is 6.07 Å². The van der Waals surface area contributed by atoms with E-state index in [1.54, 1.807) is 36.4 Å². The molecule has 0 aliphatic carbocycles. The molecule has 1 N–H and O–H groups in total. The van der Waals surface area contributed by atoms with E-state index >= 15 is 0 Å². The number of anilines is 1. The van der Waals surface area contributed by atoms with Crippen molar-refractivity contribution in [3.63, 3.8) is 0 Å². The van der Waals surface area contributed by atoms with Gasteiger partial charge in [-0.2, -0.15) is 5.26 Å². The summed E-state index contributed by atoms with van der Waals surface area (Å²) in [6.07, 6.45) is 0. The number of nitriles is 1. The van der Waals surface area contributed by atoms with Gasteiger partial charge >= 0.3 is 0 Å². The highest BCUT2D eigenvalue weighted by Crippen LogP contribution is 2.34. The third kappa shape index (κ3) is 3.52. The molecule has 0 saturated heterocycles. The molecule has 6 nitrogen and oxygen atoms in total. The van der Waals surface area contributed by atoms with E-state index in [-0.39, 0.29) is 11.5 Å². The van der Waals surface area contributed by atoms with Crippen LogP contribution in [0, 0.1) is 11.3 Å². The number of carbonyl (C=O) groups is 1. The lowest BCUT2D eigenvalue weighted by molar-refractivity contribution is 0.102. The molecule has 0 unspecified atom stereocenters. The van der Waals surface area contributed by atoms with Crippen LogP contribution in [0.25, 0.3) is 0 Å². The average Bonchev–Trinajstić information content (AvgIpc) is 2.60. The number of benzene rings is 2. The van der Waals surface area contributed by atoms with Gasteiger partial charge in [0.1, 0.15) is 22.8 Å². The third-order valence-electron chi connectivity index (χ3n) is 3.21. The zero-order valence-corrected chi connectivity index (χ0v) is 13.0. The van der Waals surface area contributed by atoms with Crippen molar-refractivity contribution in [2.75, 3.05) is 26.6 Å². The van der Waals surface area contributed by atoms with Crippen LogP contribution in [0.5, 0.6) is 17.2 Å². The summed E-state index contributed by atoms with van der Waals surface area (Å²) in [6, 6.07) is 11.8. The number of nitrogens with one attached hydrogen (secondary N) is 1. The summed E-state index contributed by atoms with van der Waals surface area (Å²) in [5.74, 6) is 0.819. The number of hydrogen-bond acceptors (Lipinski definition) is 5. The lowest BCUT2D eigenvalue weighted by atomic mass is 10.1. The summed E-state index contributed by atoms with van der Waals surface area (Å²) in [6.45, 7) is 0. The van der Waals surface area contributed by atoms with E-state index in [9.17, 15) is 4.79 Å². The first-order valence-electron chi connectivity index (χ1n) is 6.74. The van der Waals surface area contributed by atoms with Crippen molar-refractivity contribution in [3.05, 3.63) is 47.5 Å². The normalized spacial score (nSPS) is 9.65. The Bertz CT molecular complexity index is 723. The smallest absolute Gasteiger partial charge is 0.263 e. The standard InChI is InChI=1S/C17H16N2O4/c1-21-13-8-14(22-2)16(15(9-13)23-3)17(20)19-12-6-4-11(10-18)5-7-12/h4-9H,1-3H3,(H,19,20). The quantitative estimate of drug-likeness (QED) is 0.918. The monoisotopic (exact) mass is 312 g/mol. The van der Waals surface area contributed by atoms with Crippen molar-refractivity contribution in [1.82, 2.24) is 0 Å². The lowest BCUT2D eigenvalue weighted by Gasteiger charge is -2.15. The predicted octanol–water partition coefficient (Wildman–Crippen LogP) is 2.84. The maximum atomic E-state index is 12.6. The largest absolute Gasteiger partial charge is 0.496 e. The van der Waals surface area contributed by atoms with Crippen molar-refractivity contribution in [3.8, 4) is 23.3 Å². The highest BCUT2D eigenvalue weighted by molar-refractivity contribution is 6.08. The molecule has 2 rings (SSSR count). The van der Waals surface area contributed by atoms with Crippen LogP contribution < -0.4 is 19.5 Å². The number of methoxy groups -OCH3 is 3. The Hall–Kier alpha value is -3.20. The molecule has 0 radical (unpaired) electrons. The molecular weight excluding hydrogens is 296 g/mol. The lowest BCUT2D eigenvalue weighted by Crippen LogP contribution is -2.14. The van der Waals surface area contributed by atoms with Gasteiger partial charge in [0.25, 0.3) is 5.91 Å². The fourth-order valence-corrected chi connectivity index (χ4v) is 2.05. The molecule has 0 bridgehead atoms. The molecule has 1 amide bonds. The molecule has 0 aliphatic rings. The first-order chi connectivity index (χ1) is 11.1. The van der Waals surface area contributed by atoms with E-state index < -0.39 is 0 Å². The van der Waals surface area contributed by atoms with Gasteiger partial charge in [0.15, 0.2) is 0 Å². The second-order valence-corrected chi connectivity index (χ2v) is 4.55. The van der Waals surface area contributed by atoms with Crippen molar-refractivity contribution >= 4 is 11.6 Å². The van der Waals surface area contributed by atoms with Crippen LogP contribution in [0.2, 0.25) is 0 Å². The molecule has 0 fully saturated rings. The van der Waals surface area contributed by atoms with Crippen LogP contribution in [-0.2, 0) is 0 Å². The van der Waals surface area contributed by atoms with E-state index in [0.717, 1.165) is 0 Å². The van der Waals surface area contributed by atoms with Gasteiger partial charge in [0.05, 0.1) is 33.0 Å². The molecule has 6 heteroatoms. The third-order valence-corrected chi connectivity index (χ3v) is 3.21. The second kappa shape index (κ2) is 7.18. The topological polar surface area (TPSA) is 80.6 Å². The van der Waals surface area contributed by atoms with E-state index in [4.69, 9.17) is 19.5 Å². The maximum Gasteiger partial charge on any atom is 0.263 e. The van der Waals surface area contributed by atoms with Crippen molar-refractivity contribution in [2.24, 2.45) is 0 Å². The van der Waals surface area contributed by atoms with Crippen LogP contribution in [0.4, 0.5) is 5.69 Å². The Morgan fingerprint density at radius 1 is 1.00 bits per heavy atom. The number of carbonyl (C=O) groups excluding carboxylic acids is 1. The van der Waals surface area contributed by atoms with E-state index in [2.05, 4.69) is 5.32 Å². The predicted molar refractivity (Wildman–Crippen MR) is 85.2 cm³/mol. The summed E-state index contributed by atoms with van der Waals surface area (Å²) < 4.78 is 15.7. The zero-order chi connectivity index (χ0) is 16.8. The summed E-state index contributed by atoms with van der Waals surface area (Å²) >= 11 is 0. The Kier molecular flexibility index (Phi) is 5.05. The number of rotatable bonds is 5. The van der Waals surface area contributed by atoms with Gasteiger partial charge in [-0.25, -0.2) is 0 Å². The first kappa shape index (κ1) is 16.2. The Morgan fingerprint density at radius 3 is 2.00 bits per heavy atom. The highest BCUT2D eigenvalue weighted by atomic mass is 16.5. The Labute approximate surface area is 134 Å². The van der Waals surface area contributed by atoms with Gasteiger partial charge in [-0.1, -0.05) is 0 Å². The highest BCUT2D eigenvalue weighted by Gasteiger charge is 2.20. The van der Waals surface area contributed by atoms with Gasteiger partial charge < -0.3 is 19.5 Å². The molecule has 118 valence electrons. The number of nitrogens with zero attached hydrogens (tertiary/aromatic N) is 1.